The van der Waals surface area contributed by atoms with E-state index in [1.54, 1.807) is 6.07 Å². The highest BCUT2D eigenvalue weighted by atomic mass is 19.4. The molecule has 0 atom stereocenters. The van der Waals surface area contributed by atoms with E-state index in [4.69, 9.17) is 0 Å². The maximum absolute atomic E-state index is 12.4. The van der Waals surface area contributed by atoms with E-state index in [-0.39, 0.29) is 0 Å². The molecule has 1 fully saturated rings. The molecule has 0 heterocycles. The minimum atomic E-state index is -4.31. The van der Waals surface area contributed by atoms with E-state index in [0.29, 0.717) is 24.8 Å². The second-order valence-corrected chi connectivity index (χ2v) is 4.45. The van der Waals surface area contributed by atoms with E-state index >= 15 is 0 Å². The van der Waals surface area contributed by atoms with Crippen molar-refractivity contribution in [1.82, 2.24) is 0 Å². The zero-order valence-electron chi connectivity index (χ0n) is 8.72. The van der Waals surface area contributed by atoms with E-state index in [1.807, 2.05) is 0 Å². The van der Waals surface area contributed by atoms with Gasteiger partial charge in [0.15, 0.2) is 0 Å². The molecule has 0 radical (unpaired) electrons. The van der Waals surface area contributed by atoms with E-state index in [2.05, 4.69) is 0 Å². The summed E-state index contributed by atoms with van der Waals surface area (Å²) in [6.07, 6.45) is -1.67. The minimum Gasteiger partial charge on any atom is -0.390 e. The number of hydrogen-bond donors (Lipinski definition) is 1. The summed E-state index contributed by atoms with van der Waals surface area (Å²) in [6.45, 7) is 0. The van der Waals surface area contributed by atoms with Crippen molar-refractivity contribution in [2.75, 3.05) is 0 Å². The second-order valence-electron chi connectivity index (χ2n) is 4.45. The number of halogens is 3. The van der Waals surface area contributed by atoms with Gasteiger partial charge in [0.1, 0.15) is 0 Å². The molecule has 4 heteroatoms. The van der Waals surface area contributed by atoms with Crippen molar-refractivity contribution in [3.05, 3.63) is 35.4 Å². The van der Waals surface area contributed by atoms with Gasteiger partial charge >= 0.3 is 6.18 Å². The van der Waals surface area contributed by atoms with Gasteiger partial charge in [-0.25, -0.2) is 0 Å². The molecule has 0 aliphatic heterocycles. The zero-order valence-corrected chi connectivity index (χ0v) is 8.72. The van der Waals surface area contributed by atoms with Crippen LogP contribution in [0.5, 0.6) is 0 Å². The third-order valence-electron chi connectivity index (χ3n) is 3.07. The van der Waals surface area contributed by atoms with Crippen molar-refractivity contribution in [1.29, 1.82) is 0 Å². The average molecular weight is 230 g/mol. The van der Waals surface area contributed by atoms with Gasteiger partial charge in [-0.15, -0.1) is 0 Å². The minimum absolute atomic E-state index is 0.316. The first-order valence-electron chi connectivity index (χ1n) is 5.28. The highest BCUT2D eigenvalue weighted by Gasteiger charge is 2.35. The van der Waals surface area contributed by atoms with Crippen LogP contribution in [0.2, 0.25) is 0 Å². The first kappa shape index (κ1) is 11.5. The maximum atomic E-state index is 12.4. The van der Waals surface area contributed by atoms with Crippen molar-refractivity contribution >= 4 is 0 Å². The van der Waals surface area contributed by atoms with Crippen molar-refractivity contribution in [3.63, 3.8) is 0 Å². The van der Waals surface area contributed by atoms with Crippen molar-refractivity contribution in [2.24, 2.45) is 0 Å². The predicted octanol–water partition coefficient (Wildman–Crippen LogP) is 3.16. The van der Waals surface area contributed by atoms with Crippen LogP contribution in [0.25, 0.3) is 0 Å². The van der Waals surface area contributed by atoms with Gasteiger partial charge in [-0.05, 0) is 30.9 Å². The van der Waals surface area contributed by atoms with Crippen LogP contribution < -0.4 is 0 Å². The second kappa shape index (κ2) is 3.77. The summed E-state index contributed by atoms with van der Waals surface area (Å²) >= 11 is 0. The summed E-state index contributed by atoms with van der Waals surface area (Å²) < 4.78 is 37.3. The molecule has 0 spiro atoms. The Hall–Kier alpha value is -1.03. The summed E-state index contributed by atoms with van der Waals surface area (Å²) in [5.74, 6) is 0. The molecule has 2 rings (SSSR count). The first-order valence-corrected chi connectivity index (χ1v) is 5.28. The quantitative estimate of drug-likeness (QED) is 0.827. The van der Waals surface area contributed by atoms with Gasteiger partial charge < -0.3 is 5.11 Å². The molecule has 1 saturated carbocycles. The van der Waals surface area contributed by atoms with Gasteiger partial charge in [-0.1, -0.05) is 18.2 Å². The van der Waals surface area contributed by atoms with Gasteiger partial charge in [0.05, 0.1) is 11.2 Å². The van der Waals surface area contributed by atoms with Crippen molar-refractivity contribution < 1.29 is 18.3 Å². The molecule has 0 unspecified atom stereocenters. The molecule has 1 aliphatic carbocycles. The molecule has 0 bridgehead atoms. The Bertz CT molecular complexity index is 380. The number of hydrogen-bond acceptors (Lipinski definition) is 1. The topological polar surface area (TPSA) is 20.2 Å². The molecule has 1 N–H and O–H groups in total. The van der Waals surface area contributed by atoms with E-state index in [0.717, 1.165) is 18.6 Å². The van der Waals surface area contributed by atoms with Gasteiger partial charge in [0.25, 0.3) is 0 Å². The molecule has 1 aromatic rings. The lowest BCUT2D eigenvalue weighted by atomic mass is 9.76. The predicted molar refractivity (Wildman–Crippen MR) is 53.9 cm³/mol. The molecule has 0 aromatic heterocycles. The highest BCUT2D eigenvalue weighted by Crippen LogP contribution is 2.36. The lowest BCUT2D eigenvalue weighted by molar-refractivity contribution is -0.137. The molecule has 1 aliphatic rings. The lowest BCUT2D eigenvalue weighted by Crippen LogP contribution is -2.38. The van der Waals surface area contributed by atoms with Crippen LogP contribution in [0, 0.1) is 0 Å². The van der Waals surface area contributed by atoms with Crippen LogP contribution in [0.1, 0.15) is 30.4 Å². The Morgan fingerprint density at radius 2 is 1.94 bits per heavy atom. The molecular formula is C12H13F3O. The molecule has 88 valence electrons. The summed E-state index contributed by atoms with van der Waals surface area (Å²) in [7, 11) is 0. The first-order chi connectivity index (χ1) is 7.39. The Kier molecular flexibility index (Phi) is 2.70. The standard InChI is InChI=1S/C12H13F3O/c13-12(14,15)10-4-1-3-9(7-10)8-11(16)5-2-6-11/h1,3-4,7,16H,2,5-6,8H2. The van der Waals surface area contributed by atoms with Gasteiger partial charge in [-0.3, -0.25) is 0 Å². The summed E-state index contributed by atoms with van der Waals surface area (Å²) in [6, 6.07) is 5.19. The number of benzene rings is 1. The van der Waals surface area contributed by atoms with Crippen LogP contribution in [0.3, 0.4) is 0 Å². The molecular weight excluding hydrogens is 217 g/mol. The van der Waals surface area contributed by atoms with E-state index in [9.17, 15) is 18.3 Å². The van der Waals surface area contributed by atoms with Crippen molar-refractivity contribution in [3.8, 4) is 0 Å². The fourth-order valence-electron chi connectivity index (χ4n) is 2.00. The smallest absolute Gasteiger partial charge is 0.390 e. The average Bonchev–Trinajstić information content (AvgIpc) is 2.14. The normalized spacial score (nSPS) is 19.2. The van der Waals surface area contributed by atoms with Crippen molar-refractivity contribution in [2.45, 2.75) is 37.5 Å². The Morgan fingerprint density at radius 1 is 1.25 bits per heavy atom. The van der Waals surface area contributed by atoms with E-state index in [1.165, 1.54) is 6.07 Å². The van der Waals surface area contributed by atoms with Gasteiger partial charge in [0.2, 0.25) is 0 Å². The Morgan fingerprint density at radius 3 is 2.44 bits per heavy atom. The molecule has 0 amide bonds. The molecule has 1 aromatic carbocycles. The zero-order chi connectivity index (χ0) is 11.8. The SMILES string of the molecule is OC1(Cc2cccc(C(F)(F)F)c2)CCC1. The fraction of sp³-hybridized carbons (Fsp3) is 0.500. The molecule has 0 saturated heterocycles. The van der Waals surface area contributed by atoms with Crippen LogP contribution in [-0.2, 0) is 12.6 Å². The third-order valence-corrected chi connectivity index (χ3v) is 3.07. The van der Waals surface area contributed by atoms with Crippen LogP contribution >= 0.6 is 0 Å². The third kappa shape index (κ3) is 2.38. The lowest BCUT2D eigenvalue weighted by Gasteiger charge is -2.36. The highest BCUT2D eigenvalue weighted by molar-refractivity contribution is 5.27. The van der Waals surface area contributed by atoms with Crippen LogP contribution in [-0.4, -0.2) is 10.7 Å². The summed E-state index contributed by atoms with van der Waals surface area (Å²) in [5, 5.41) is 9.88. The largest absolute Gasteiger partial charge is 0.416 e. The van der Waals surface area contributed by atoms with Gasteiger partial charge in [-0.2, -0.15) is 13.2 Å². The molecule has 16 heavy (non-hydrogen) atoms. The maximum Gasteiger partial charge on any atom is 0.416 e. The fourth-order valence-corrected chi connectivity index (χ4v) is 2.00. The van der Waals surface area contributed by atoms with Gasteiger partial charge in [0, 0.05) is 6.42 Å². The Labute approximate surface area is 91.9 Å². The molecule has 1 nitrogen and oxygen atoms in total. The number of aliphatic hydroxyl groups is 1. The Balaban J connectivity index is 2.16. The van der Waals surface area contributed by atoms with Crippen LogP contribution in [0.15, 0.2) is 24.3 Å². The monoisotopic (exact) mass is 230 g/mol. The summed E-state index contributed by atoms with van der Waals surface area (Å²) in [5.41, 5.74) is -0.866. The number of rotatable bonds is 2. The summed E-state index contributed by atoms with van der Waals surface area (Å²) in [4.78, 5) is 0. The number of alkyl halides is 3. The van der Waals surface area contributed by atoms with E-state index < -0.39 is 17.3 Å². The van der Waals surface area contributed by atoms with Crippen LogP contribution in [0.4, 0.5) is 13.2 Å².